The molecule has 10 heteroatoms. The number of nitrogens with zero attached hydrogens (tertiary/aromatic N) is 2. The van der Waals surface area contributed by atoms with Gasteiger partial charge in [-0.2, -0.15) is 5.10 Å². The van der Waals surface area contributed by atoms with Gasteiger partial charge in [0.05, 0.1) is 37.2 Å². The number of hydrazone groups is 1. The van der Waals surface area contributed by atoms with Gasteiger partial charge < -0.3 is 19.2 Å². The molecule has 156 valence electrons. The van der Waals surface area contributed by atoms with E-state index in [0.717, 1.165) is 11.0 Å². The highest BCUT2D eigenvalue weighted by atomic mass is 32.2. The van der Waals surface area contributed by atoms with Crippen molar-refractivity contribution in [2.24, 2.45) is 5.10 Å². The molecular weight excluding hydrogens is 408 g/mol. The van der Waals surface area contributed by atoms with Gasteiger partial charge in [0.15, 0.2) is 16.7 Å². The highest BCUT2D eigenvalue weighted by Crippen LogP contribution is 2.38. The van der Waals surface area contributed by atoms with Crippen LogP contribution in [-0.4, -0.2) is 48.0 Å². The first-order valence-electron chi connectivity index (χ1n) is 8.84. The van der Waals surface area contributed by atoms with Crippen molar-refractivity contribution in [3.05, 3.63) is 42.0 Å². The summed E-state index contributed by atoms with van der Waals surface area (Å²) in [5.74, 6) is 0.149. The maximum Gasteiger partial charge on any atom is 0.308 e. The van der Waals surface area contributed by atoms with Gasteiger partial charge in [-0.15, -0.1) is 0 Å². The Morgan fingerprint density at radius 3 is 2.53 bits per heavy atom. The lowest BCUT2D eigenvalue weighted by atomic mass is 10.2. The third-order valence-corrected chi connectivity index (χ3v) is 4.71. The number of imidazole rings is 1. The fraction of sp³-hybridized carbons (Fsp3) is 0.200. The van der Waals surface area contributed by atoms with E-state index in [1.54, 1.807) is 12.1 Å². The number of H-pyrrole nitrogens is 1. The van der Waals surface area contributed by atoms with Crippen molar-refractivity contribution < 1.29 is 23.8 Å². The predicted molar refractivity (Wildman–Crippen MR) is 113 cm³/mol. The first-order valence-corrected chi connectivity index (χ1v) is 9.82. The number of hydrogen-bond acceptors (Lipinski definition) is 8. The molecule has 0 unspecified atom stereocenters. The van der Waals surface area contributed by atoms with Crippen molar-refractivity contribution in [1.29, 1.82) is 0 Å². The molecule has 0 aliphatic carbocycles. The van der Waals surface area contributed by atoms with Crippen molar-refractivity contribution in [3.63, 3.8) is 0 Å². The predicted octanol–water partition coefficient (Wildman–Crippen LogP) is 2.75. The maximum atomic E-state index is 12.0. The van der Waals surface area contributed by atoms with Crippen LogP contribution in [0.25, 0.3) is 11.0 Å². The quantitative estimate of drug-likeness (QED) is 0.186. The molecule has 0 saturated carbocycles. The van der Waals surface area contributed by atoms with E-state index >= 15 is 0 Å². The number of carbonyl (C=O) groups is 2. The van der Waals surface area contributed by atoms with E-state index in [4.69, 9.17) is 14.2 Å². The van der Waals surface area contributed by atoms with Gasteiger partial charge in [-0.3, -0.25) is 9.59 Å². The Hall–Kier alpha value is -3.53. The SMILES string of the molecule is COc1cc(C=NNC(=O)CSc2nc3ccccc3[nH]2)cc(OC)c1OC(C)=O. The van der Waals surface area contributed by atoms with Crippen molar-refractivity contribution >= 4 is 40.9 Å². The van der Waals surface area contributed by atoms with Gasteiger partial charge in [-0.1, -0.05) is 23.9 Å². The molecule has 0 atom stereocenters. The summed E-state index contributed by atoms with van der Waals surface area (Å²) in [7, 11) is 2.89. The molecule has 2 aromatic carbocycles. The molecule has 0 bridgehead atoms. The number of ether oxygens (including phenoxy) is 3. The van der Waals surface area contributed by atoms with E-state index in [1.807, 2.05) is 24.3 Å². The van der Waals surface area contributed by atoms with Gasteiger partial charge in [-0.25, -0.2) is 10.4 Å². The van der Waals surface area contributed by atoms with Gasteiger partial charge in [0, 0.05) is 12.5 Å². The molecule has 2 N–H and O–H groups in total. The van der Waals surface area contributed by atoms with Crippen LogP contribution in [0.1, 0.15) is 12.5 Å². The van der Waals surface area contributed by atoms with Crippen LogP contribution in [0.5, 0.6) is 17.2 Å². The lowest BCUT2D eigenvalue weighted by Crippen LogP contribution is -2.19. The Morgan fingerprint density at radius 1 is 1.20 bits per heavy atom. The maximum absolute atomic E-state index is 12.0. The van der Waals surface area contributed by atoms with Crippen molar-refractivity contribution in [3.8, 4) is 17.2 Å². The van der Waals surface area contributed by atoms with E-state index in [9.17, 15) is 9.59 Å². The minimum Gasteiger partial charge on any atom is -0.493 e. The van der Waals surface area contributed by atoms with Crippen LogP contribution in [-0.2, 0) is 9.59 Å². The fourth-order valence-corrected chi connectivity index (χ4v) is 3.24. The number of methoxy groups -OCH3 is 2. The highest BCUT2D eigenvalue weighted by molar-refractivity contribution is 7.99. The minimum atomic E-state index is -0.498. The molecule has 1 heterocycles. The number of esters is 1. The number of hydrogen-bond donors (Lipinski definition) is 2. The third-order valence-electron chi connectivity index (χ3n) is 3.84. The molecule has 3 aromatic rings. The molecule has 0 aliphatic heterocycles. The standard InChI is InChI=1S/C20H20N4O5S/c1-12(25)29-19-16(27-2)8-13(9-17(19)28-3)10-21-24-18(26)11-30-20-22-14-6-4-5-7-15(14)23-20/h4-10H,11H2,1-3H3,(H,22,23)(H,24,26). The van der Waals surface area contributed by atoms with E-state index in [-0.39, 0.29) is 17.4 Å². The summed E-state index contributed by atoms with van der Waals surface area (Å²) < 4.78 is 15.6. The fourth-order valence-electron chi connectivity index (χ4n) is 2.56. The molecule has 1 amide bonds. The lowest BCUT2D eigenvalue weighted by Gasteiger charge is -2.13. The molecule has 9 nitrogen and oxygen atoms in total. The number of para-hydroxylation sites is 2. The molecule has 3 rings (SSSR count). The average Bonchev–Trinajstić information content (AvgIpc) is 3.15. The Bertz CT molecular complexity index is 1040. The topological polar surface area (TPSA) is 115 Å². The Morgan fingerprint density at radius 2 is 1.90 bits per heavy atom. The minimum absolute atomic E-state index is 0.148. The Labute approximate surface area is 176 Å². The van der Waals surface area contributed by atoms with E-state index < -0.39 is 5.97 Å². The molecule has 0 fully saturated rings. The molecule has 0 spiro atoms. The molecular formula is C20H20N4O5S. The summed E-state index contributed by atoms with van der Waals surface area (Å²) in [6.07, 6.45) is 1.44. The van der Waals surface area contributed by atoms with Gasteiger partial charge >= 0.3 is 5.97 Å². The average molecular weight is 428 g/mol. The number of aromatic nitrogens is 2. The smallest absolute Gasteiger partial charge is 0.308 e. The first kappa shape index (κ1) is 21.2. The summed E-state index contributed by atoms with van der Waals surface area (Å²) in [5, 5.41) is 4.61. The van der Waals surface area contributed by atoms with Gasteiger partial charge in [-0.05, 0) is 24.3 Å². The molecule has 0 radical (unpaired) electrons. The van der Waals surface area contributed by atoms with Crippen LogP contribution in [0.4, 0.5) is 0 Å². The Balaban J connectivity index is 1.61. The number of fused-ring (bicyclic) bond motifs is 1. The van der Waals surface area contributed by atoms with Crippen LogP contribution < -0.4 is 19.6 Å². The number of benzene rings is 2. The number of carbonyl (C=O) groups excluding carboxylic acids is 2. The molecule has 0 saturated heterocycles. The number of amides is 1. The molecule has 1 aromatic heterocycles. The van der Waals surface area contributed by atoms with E-state index in [0.29, 0.717) is 22.2 Å². The van der Waals surface area contributed by atoms with E-state index in [2.05, 4.69) is 20.5 Å². The zero-order chi connectivity index (χ0) is 21.5. The van der Waals surface area contributed by atoms with Crippen molar-refractivity contribution in [1.82, 2.24) is 15.4 Å². The van der Waals surface area contributed by atoms with Crippen LogP contribution in [0.15, 0.2) is 46.7 Å². The third kappa shape index (κ3) is 5.29. The summed E-state index contributed by atoms with van der Waals surface area (Å²) in [6.45, 7) is 1.28. The number of thioether (sulfide) groups is 1. The second kappa shape index (κ2) is 9.79. The zero-order valence-electron chi connectivity index (χ0n) is 16.6. The van der Waals surface area contributed by atoms with Crippen LogP contribution in [0, 0.1) is 0 Å². The molecule has 30 heavy (non-hydrogen) atoms. The van der Waals surface area contributed by atoms with Crippen molar-refractivity contribution in [2.45, 2.75) is 12.1 Å². The normalized spacial score (nSPS) is 10.9. The lowest BCUT2D eigenvalue weighted by molar-refractivity contribution is -0.132. The second-order valence-corrected chi connectivity index (χ2v) is 6.95. The van der Waals surface area contributed by atoms with Gasteiger partial charge in [0.2, 0.25) is 5.75 Å². The summed E-state index contributed by atoms with van der Waals surface area (Å²) in [5.41, 5.74) is 4.81. The van der Waals surface area contributed by atoms with Crippen molar-refractivity contribution in [2.75, 3.05) is 20.0 Å². The molecule has 0 aliphatic rings. The largest absolute Gasteiger partial charge is 0.493 e. The summed E-state index contributed by atoms with van der Waals surface area (Å²) in [6, 6.07) is 10.9. The number of rotatable bonds is 8. The van der Waals surface area contributed by atoms with E-state index in [1.165, 1.54) is 39.1 Å². The van der Waals surface area contributed by atoms with Gasteiger partial charge in [0.25, 0.3) is 5.91 Å². The van der Waals surface area contributed by atoms with Crippen LogP contribution in [0.2, 0.25) is 0 Å². The summed E-state index contributed by atoms with van der Waals surface area (Å²) >= 11 is 1.28. The first-order chi connectivity index (χ1) is 14.5. The number of nitrogens with one attached hydrogen (secondary N) is 2. The summed E-state index contributed by atoms with van der Waals surface area (Å²) in [4.78, 5) is 30.9. The van der Waals surface area contributed by atoms with Crippen LogP contribution >= 0.6 is 11.8 Å². The monoisotopic (exact) mass is 428 g/mol. The second-order valence-electron chi connectivity index (χ2n) is 5.99. The number of aromatic amines is 1. The zero-order valence-corrected chi connectivity index (χ0v) is 17.4. The van der Waals surface area contributed by atoms with Gasteiger partial charge in [0.1, 0.15) is 0 Å². The Kier molecular flexibility index (Phi) is 6.91. The van der Waals surface area contributed by atoms with Crippen LogP contribution in [0.3, 0.4) is 0 Å². The highest BCUT2D eigenvalue weighted by Gasteiger charge is 2.15.